The van der Waals surface area contributed by atoms with Gasteiger partial charge in [-0.15, -0.1) is 0 Å². The fourth-order valence-electron chi connectivity index (χ4n) is 4.55. The van der Waals surface area contributed by atoms with Crippen molar-refractivity contribution in [2.45, 2.75) is 32.5 Å². The summed E-state index contributed by atoms with van der Waals surface area (Å²) in [6.45, 7) is 2.91. The number of carbonyl (C=O) groups is 1. The van der Waals surface area contributed by atoms with E-state index in [0.29, 0.717) is 19.6 Å². The van der Waals surface area contributed by atoms with E-state index in [1.165, 1.54) is 5.56 Å². The van der Waals surface area contributed by atoms with Crippen molar-refractivity contribution < 1.29 is 14.6 Å². The van der Waals surface area contributed by atoms with Gasteiger partial charge in [-0.3, -0.25) is 10.1 Å². The number of aliphatic carboxylic acids is 1. The Morgan fingerprint density at radius 2 is 1.66 bits per heavy atom. The van der Waals surface area contributed by atoms with Crippen LogP contribution in [0.15, 0.2) is 91.1 Å². The van der Waals surface area contributed by atoms with Crippen LogP contribution in [0.2, 0.25) is 0 Å². The van der Waals surface area contributed by atoms with Gasteiger partial charge in [0.25, 0.3) is 0 Å². The highest BCUT2D eigenvalue weighted by molar-refractivity contribution is 5.88. The van der Waals surface area contributed by atoms with Crippen molar-refractivity contribution in [3.63, 3.8) is 0 Å². The highest BCUT2D eigenvalue weighted by Crippen LogP contribution is 2.29. The number of carboxylic acid groups (broad SMARTS) is 1. The second kappa shape index (κ2) is 10.0. The minimum absolute atomic E-state index is 0.378. The Bertz CT molecular complexity index is 1490. The maximum absolute atomic E-state index is 12.2. The third-order valence-electron chi connectivity index (χ3n) is 6.56. The first-order chi connectivity index (χ1) is 17.1. The summed E-state index contributed by atoms with van der Waals surface area (Å²) in [5.41, 5.74) is 5.25. The highest BCUT2D eigenvalue weighted by Gasteiger charge is 2.21. The van der Waals surface area contributed by atoms with Gasteiger partial charge in [0.2, 0.25) is 0 Å². The standard InChI is InChI=1S/C30H28N2O3/c1-20-8-2-3-10-22(20)19-35-29-15-14-21-9-4-5-11-24(21)26(29)18-32-28(30(33)34)16-23-17-31-27-13-7-6-12-25(23)27/h2-15,17,28,31-32H,16,18-19H2,1H3,(H,33,34). The van der Waals surface area contributed by atoms with E-state index in [2.05, 4.69) is 41.5 Å². The van der Waals surface area contributed by atoms with E-state index in [1.807, 2.05) is 66.9 Å². The SMILES string of the molecule is Cc1ccccc1COc1ccc2ccccc2c1CNC(Cc1c[nH]c2ccccc12)C(=O)O. The largest absolute Gasteiger partial charge is 0.489 e. The van der Waals surface area contributed by atoms with Crippen molar-refractivity contribution in [3.05, 3.63) is 113 Å². The molecule has 0 fully saturated rings. The molecule has 5 nitrogen and oxygen atoms in total. The molecule has 1 atom stereocenters. The van der Waals surface area contributed by atoms with Crippen molar-refractivity contribution in [2.75, 3.05) is 0 Å². The molecule has 0 radical (unpaired) electrons. The van der Waals surface area contributed by atoms with Crippen molar-refractivity contribution in [1.82, 2.24) is 10.3 Å². The van der Waals surface area contributed by atoms with Crippen molar-refractivity contribution >= 4 is 27.6 Å². The molecule has 0 amide bonds. The zero-order valence-electron chi connectivity index (χ0n) is 19.6. The summed E-state index contributed by atoms with van der Waals surface area (Å²) < 4.78 is 6.28. The minimum Gasteiger partial charge on any atom is -0.489 e. The molecule has 0 bridgehead atoms. The first kappa shape index (κ1) is 22.7. The molecule has 0 aliphatic rings. The quantitative estimate of drug-likeness (QED) is 0.250. The summed E-state index contributed by atoms with van der Waals surface area (Å²) in [6, 6.07) is 27.5. The summed E-state index contributed by atoms with van der Waals surface area (Å²) in [5.74, 6) is -0.117. The number of fused-ring (bicyclic) bond motifs is 2. The number of ether oxygens (including phenoxy) is 1. The van der Waals surface area contributed by atoms with Gasteiger partial charge in [0, 0.05) is 35.6 Å². The van der Waals surface area contributed by atoms with E-state index in [-0.39, 0.29) is 0 Å². The molecule has 5 heteroatoms. The molecule has 0 aliphatic heterocycles. The third-order valence-corrected chi connectivity index (χ3v) is 6.56. The van der Waals surface area contributed by atoms with E-state index in [1.54, 1.807) is 0 Å². The van der Waals surface area contributed by atoms with E-state index in [9.17, 15) is 9.90 Å². The Hall–Kier alpha value is -4.09. The lowest BCUT2D eigenvalue weighted by Gasteiger charge is -2.19. The number of aryl methyl sites for hydroxylation is 1. The zero-order valence-corrected chi connectivity index (χ0v) is 19.6. The van der Waals surface area contributed by atoms with E-state index in [0.717, 1.165) is 44.1 Å². The Morgan fingerprint density at radius 1 is 0.914 bits per heavy atom. The molecular weight excluding hydrogens is 436 g/mol. The molecule has 0 spiro atoms. The van der Waals surface area contributed by atoms with E-state index in [4.69, 9.17) is 4.74 Å². The molecule has 1 aromatic heterocycles. The number of aromatic amines is 1. The van der Waals surface area contributed by atoms with Gasteiger partial charge < -0.3 is 14.8 Å². The van der Waals surface area contributed by atoms with Gasteiger partial charge >= 0.3 is 5.97 Å². The molecule has 0 saturated carbocycles. The Morgan fingerprint density at radius 3 is 2.49 bits per heavy atom. The normalized spacial score (nSPS) is 12.1. The first-order valence-corrected chi connectivity index (χ1v) is 11.8. The van der Waals surface area contributed by atoms with Crippen LogP contribution in [0.5, 0.6) is 5.75 Å². The fourth-order valence-corrected chi connectivity index (χ4v) is 4.55. The molecule has 5 rings (SSSR count). The predicted molar refractivity (Wildman–Crippen MR) is 140 cm³/mol. The van der Waals surface area contributed by atoms with Crippen LogP contribution in [0.1, 0.15) is 22.3 Å². The molecule has 176 valence electrons. The Balaban J connectivity index is 1.40. The lowest BCUT2D eigenvalue weighted by atomic mass is 10.0. The van der Waals surface area contributed by atoms with Crippen LogP contribution in [-0.2, 0) is 24.4 Å². The molecular formula is C30H28N2O3. The number of nitrogens with one attached hydrogen (secondary N) is 2. The van der Waals surface area contributed by atoms with E-state index < -0.39 is 12.0 Å². The maximum Gasteiger partial charge on any atom is 0.321 e. The average molecular weight is 465 g/mol. The van der Waals surface area contributed by atoms with Gasteiger partial charge in [0.1, 0.15) is 18.4 Å². The van der Waals surface area contributed by atoms with Crippen molar-refractivity contribution in [3.8, 4) is 5.75 Å². The van der Waals surface area contributed by atoms with Crippen molar-refractivity contribution in [1.29, 1.82) is 0 Å². The molecule has 0 saturated heterocycles. The van der Waals surface area contributed by atoms with Gasteiger partial charge in [-0.05, 0) is 46.5 Å². The molecule has 35 heavy (non-hydrogen) atoms. The molecule has 5 aromatic rings. The van der Waals surface area contributed by atoms with Gasteiger partial charge in [-0.25, -0.2) is 0 Å². The Labute approximate surface area is 204 Å². The Kier molecular flexibility index (Phi) is 6.51. The van der Waals surface area contributed by atoms with Crippen LogP contribution in [0.3, 0.4) is 0 Å². The second-order valence-corrected chi connectivity index (χ2v) is 8.81. The highest BCUT2D eigenvalue weighted by atomic mass is 16.5. The zero-order chi connectivity index (χ0) is 24.2. The number of rotatable bonds is 9. The molecule has 1 heterocycles. The summed E-state index contributed by atoms with van der Waals surface area (Å²) >= 11 is 0. The van der Waals surface area contributed by atoms with Gasteiger partial charge in [0.15, 0.2) is 0 Å². The van der Waals surface area contributed by atoms with Gasteiger partial charge in [-0.2, -0.15) is 0 Å². The number of aromatic nitrogens is 1. The monoisotopic (exact) mass is 464 g/mol. The lowest BCUT2D eigenvalue weighted by molar-refractivity contribution is -0.139. The second-order valence-electron chi connectivity index (χ2n) is 8.81. The molecule has 0 aliphatic carbocycles. The maximum atomic E-state index is 12.2. The summed E-state index contributed by atoms with van der Waals surface area (Å²) in [7, 11) is 0. The summed E-state index contributed by atoms with van der Waals surface area (Å²) in [4.78, 5) is 15.4. The van der Waals surface area contributed by atoms with E-state index >= 15 is 0 Å². The minimum atomic E-state index is -0.877. The average Bonchev–Trinajstić information content (AvgIpc) is 3.29. The lowest BCUT2D eigenvalue weighted by Crippen LogP contribution is -2.38. The van der Waals surface area contributed by atoms with Crippen LogP contribution in [0.25, 0.3) is 21.7 Å². The number of para-hydroxylation sites is 1. The molecule has 3 N–H and O–H groups in total. The number of hydrogen-bond acceptors (Lipinski definition) is 3. The number of carboxylic acids is 1. The summed E-state index contributed by atoms with van der Waals surface area (Å²) in [5, 5.41) is 16.5. The molecule has 4 aromatic carbocycles. The fraction of sp³-hybridized carbons (Fsp3) is 0.167. The number of H-pyrrole nitrogens is 1. The van der Waals surface area contributed by atoms with Crippen LogP contribution in [-0.4, -0.2) is 22.1 Å². The third kappa shape index (κ3) is 4.91. The summed E-state index contributed by atoms with van der Waals surface area (Å²) in [6.07, 6.45) is 2.28. The van der Waals surface area contributed by atoms with Crippen LogP contribution < -0.4 is 10.1 Å². The van der Waals surface area contributed by atoms with Gasteiger partial charge in [-0.1, -0.05) is 72.8 Å². The first-order valence-electron chi connectivity index (χ1n) is 11.8. The number of hydrogen-bond donors (Lipinski definition) is 3. The van der Waals surface area contributed by atoms with Crippen LogP contribution in [0.4, 0.5) is 0 Å². The molecule has 1 unspecified atom stereocenters. The number of benzene rings is 4. The predicted octanol–water partition coefficient (Wildman–Crippen LogP) is 5.99. The van der Waals surface area contributed by atoms with Crippen LogP contribution in [0, 0.1) is 6.92 Å². The topological polar surface area (TPSA) is 74.3 Å². The smallest absolute Gasteiger partial charge is 0.321 e. The van der Waals surface area contributed by atoms with Crippen LogP contribution >= 0.6 is 0 Å². The van der Waals surface area contributed by atoms with Gasteiger partial charge in [0.05, 0.1) is 0 Å². The van der Waals surface area contributed by atoms with Crippen molar-refractivity contribution in [2.24, 2.45) is 0 Å².